The van der Waals surface area contributed by atoms with Gasteiger partial charge in [0.2, 0.25) is 5.91 Å². The normalized spacial score (nSPS) is 12.2. The fraction of sp³-hybridized carbons (Fsp3) is 0.375. The van der Waals surface area contributed by atoms with Crippen LogP contribution in [0.5, 0.6) is 0 Å². The van der Waals surface area contributed by atoms with E-state index in [0.29, 0.717) is 23.1 Å². The Kier molecular flexibility index (Phi) is 6.13. The summed E-state index contributed by atoms with van der Waals surface area (Å²) >= 11 is 1.13. The number of thioether (sulfide) groups is 1. The average Bonchev–Trinajstić information content (AvgIpc) is 2.89. The molecule has 0 saturated heterocycles. The Balaban J connectivity index is 2.34. The molecule has 134 valence electrons. The van der Waals surface area contributed by atoms with E-state index >= 15 is 0 Å². The Morgan fingerprint density at radius 2 is 1.96 bits per heavy atom. The Morgan fingerprint density at radius 1 is 1.28 bits per heavy atom. The van der Waals surface area contributed by atoms with Gasteiger partial charge in [0.25, 0.3) is 0 Å². The summed E-state index contributed by atoms with van der Waals surface area (Å²) in [6, 6.07) is 5.41. The summed E-state index contributed by atoms with van der Waals surface area (Å²) in [5, 5.41) is 10.1. The Labute approximate surface area is 149 Å². The predicted octanol–water partition coefficient (Wildman–Crippen LogP) is 2.42. The van der Waals surface area contributed by atoms with Crippen molar-refractivity contribution in [3.05, 3.63) is 30.1 Å². The monoisotopic (exact) mass is 365 g/mol. The van der Waals surface area contributed by atoms with Gasteiger partial charge < -0.3 is 10.3 Å². The standard InChI is InChI=1S/C16H20FN5O2S/c1-9(2)8-22-13(11-6-4-5-7-12(11)17)20-21-16(22)25-10(3)14(23)19-15(18)24/h4-7,9-10H,8H2,1-3H3,(H3,18,19,23,24)/t10-/m1/s1. The molecule has 1 aromatic carbocycles. The van der Waals surface area contributed by atoms with Crippen molar-refractivity contribution in [3.63, 3.8) is 0 Å². The lowest BCUT2D eigenvalue weighted by atomic mass is 10.2. The molecular weight excluding hydrogens is 345 g/mol. The van der Waals surface area contributed by atoms with Crippen molar-refractivity contribution in [2.24, 2.45) is 11.7 Å². The molecule has 0 fully saturated rings. The highest BCUT2D eigenvalue weighted by Crippen LogP contribution is 2.29. The van der Waals surface area contributed by atoms with Gasteiger partial charge in [0.05, 0.1) is 10.8 Å². The van der Waals surface area contributed by atoms with Crippen molar-refractivity contribution in [2.45, 2.75) is 37.7 Å². The minimum atomic E-state index is -0.909. The first-order valence-corrected chi connectivity index (χ1v) is 8.62. The fourth-order valence-corrected chi connectivity index (χ4v) is 3.04. The summed E-state index contributed by atoms with van der Waals surface area (Å²) < 4.78 is 15.9. The van der Waals surface area contributed by atoms with Crippen LogP contribution in [-0.2, 0) is 11.3 Å². The lowest BCUT2D eigenvalue weighted by Gasteiger charge is -2.14. The smallest absolute Gasteiger partial charge is 0.318 e. The number of hydrogen-bond acceptors (Lipinski definition) is 5. The van der Waals surface area contributed by atoms with Crippen LogP contribution in [0.3, 0.4) is 0 Å². The molecule has 0 aliphatic rings. The van der Waals surface area contributed by atoms with Gasteiger partial charge in [0.1, 0.15) is 5.82 Å². The summed E-state index contributed by atoms with van der Waals surface area (Å²) in [6.45, 7) is 6.22. The van der Waals surface area contributed by atoms with Gasteiger partial charge in [-0.25, -0.2) is 9.18 Å². The Bertz CT molecular complexity index is 778. The third-order valence-corrected chi connectivity index (χ3v) is 4.36. The highest BCUT2D eigenvalue weighted by molar-refractivity contribution is 8.00. The quantitative estimate of drug-likeness (QED) is 0.765. The van der Waals surface area contributed by atoms with Gasteiger partial charge in [-0.05, 0) is 25.0 Å². The van der Waals surface area contributed by atoms with E-state index in [-0.39, 0.29) is 5.92 Å². The van der Waals surface area contributed by atoms with E-state index < -0.39 is 23.0 Å². The van der Waals surface area contributed by atoms with Crippen molar-refractivity contribution < 1.29 is 14.0 Å². The zero-order valence-corrected chi connectivity index (χ0v) is 15.0. The van der Waals surface area contributed by atoms with Crippen LogP contribution in [0.15, 0.2) is 29.4 Å². The van der Waals surface area contributed by atoms with Gasteiger partial charge in [-0.15, -0.1) is 10.2 Å². The average molecular weight is 365 g/mol. The molecule has 1 aromatic heterocycles. The van der Waals surface area contributed by atoms with Crippen LogP contribution in [-0.4, -0.2) is 32.0 Å². The SMILES string of the molecule is CC(C)Cn1c(S[C@H](C)C(=O)NC(N)=O)nnc1-c1ccccc1F. The largest absolute Gasteiger partial charge is 0.351 e. The minimum Gasteiger partial charge on any atom is -0.351 e. The minimum absolute atomic E-state index is 0.260. The van der Waals surface area contributed by atoms with E-state index in [1.165, 1.54) is 6.07 Å². The lowest BCUT2D eigenvalue weighted by molar-refractivity contribution is -0.119. The van der Waals surface area contributed by atoms with E-state index in [1.807, 2.05) is 19.2 Å². The second-order valence-electron chi connectivity index (χ2n) is 5.90. The van der Waals surface area contributed by atoms with E-state index in [1.54, 1.807) is 29.7 Å². The molecule has 25 heavy (non-hydrogen) atoms. The number of carbonyl (C=O) groups is 2. The number of hydrogen-bond donors (Lipinski definition) is 2. The van der Waals surface area contributed by atoms with Crippen LogP contribution < -0.4 is 11.1 Å². The first-order chi connectivity index (χ1) is 11.8. The second-order valence-corrected chi connectivity index (χ2v) is 7.21. The van der Waals surface area contributed by atoms with Gasteiger partial charge in [-0.2, -0.15) is 0 Å². The van der Waals surface area contributed by atoms with Gasteiger partial charge in [-0.1, -0.05) is 37.7 Å². The third kappa shape index (κ3) is 4.79. The first kappa shape index (κ1) is 18.9. The summed E-state index contributed by atoms with van der Waals surface area (Å²) in [5.74, 6) is -0.257. The molecule has 0 saturated carbocycles. The number of benzene rings is 1. The molecule has 0 aliphatic heterocycles. The lowest BCUT2D eigenvalue weighted by Crippen LogP contribution is -2.39. The summed E-state index contributed by atoms with van der Waals surface area (Å²) in [6.07, 6.45) is 0. The molecule has 3 N–H and O–H groups in total. The summed E-state index contributed by atoms with van der Waals surface area (Å²) in [7, 11) is 0. The molecule has 1 atom stereocenters. The van der Waals surface area contributed by atoms with E-state index in [0.717, 1.165) is 11.8 Å². The fourth-order valence-electron chi connectivity index (χ4n) is 2.18. The molecule has 7 nitrogen and oxygen atoms in total. The molecule has 0 spiro atoms. The molecule has 1 heterocycles. The van der Waals surface area contributed by atoms with Crippen LogP contribution in [0.1, 0.15) is 20.8 Å². The molecule has 0 aliphatic carbocycles. The van der Waals surface area contributed by atoms with Crippen molar-refractivity contribution >= 4 is 23.7 Å². The van der Waals surface area contributed by atoms with E-state index in [4.69, 9.17) is 5.73 Å². The van der Waals surface area contributed by atoms with E-state index in [2.05, 4.69) is 10.2 Å². The maximum Gasteiger partial charge on any atom is 0.318 e. The number of rotatable bonds is 6. The van der Waals surface area contributed by atoms with Crippen LogP contribution in [0.25, 0.3) is 11.4 Å². The molecule has 2 rings (SSSR count). The Morgan fingerprint density at radius 3 is 2.56 bits per heavy atom. The number of imide groups is 1. The molecule has 0 radical (unpaired) electrons. The van der Waals surface area contributed by atoms with Crippen LogP contribution in [0, 0.1) is 11.7 Å². The van der Waals surface area contributed by atoms with Crippen molar-refractivity contribution in [1.82, 2.24) is 20.1 Å². The predicted molar refractivity (Wildman–Crippen MR) is 93.3 cm³/mol. The molecule has 3 amide bonds. The van der Waals surface area contributed by atoms with Crippen LogP contribution in [0.2, 0.25) is 0 Å². The van der Waals surface area contributed by atoms with Crippen LogP contribution in [0.4, 0.5) is 9.18 Å². The number of aromatic nitrogens is 3. The van der Waals surface area contributed by atoms with Crippen molar-refractivity contribution in [2.75, 3.05) is 0 Å². The van der Waals surface area contributed by atoms with E-state index in [9.17, 15) is 14.0 Å². The maximum atomic E-state index is 14.1. The van der Waals surface area contributed by atoms with Gasteiger partial charge in [-0.3, -0.25) is 10.1 Å². The van der Waals surface area contributed by atoms with Crippen LogP contribution >= 0.6 is 11.8 Å². The molecule has 9 heteroatoms. The molecule has 0 unspecified atom stereocenters. The second kappa shape index (κ2) is 8.11. The number of urea groups is 1. The number of primary amides is 1. The van der Waals surface area contributed by atoms with Gasteiger partial charge in [0, 0.05) is 6.54 Å². The first-order valence-electron chi connectivity index (χ1n) is 7.74. The van der Waals surface area contributed by atoms with Crippen molar-refractivity contribution in [3.8, 4) is 11.4 Å². The molecule has 2 aromatic rings. The number of halogens is 1. The topological polar surface area (TPSA) is 103 Å². The number of nitrogens with one attached hydrogen (secondary N) is 1. The van der Waals surface area contributed by atoms with Crippen molar-refractivity contribution in [1.29, 1.82) is 0 Å². The van der Waals surface area contributed by atoms with Gasteiger partial charge in [0.15, 0.2) is 11.0 Å². The highest BCUT2D eigenvalue weighted by Gasteiger charge is 2.23. The summed E-state index contributed by atoms with van der Waals surface area (Å²) in [5.41, 5.74) is 5.31. The molecular formula is C16H20FN5O2S. The summed E-state index contributed by atoms with van der Waals surface area (Å²) in [4.78, 5) is 22.7. The zero-order valence-electron chi connectivity index (χ0n) is 14.2. The maximum absolute atomic E-state index is 14.1. The Hall–Kier alpha value is -2.42. The number of amides is 3. The zero-order chi connectivity index (χ0) is 18.6. The third-order valence-electron chi connectivity index (χ3n) is 3.28. The number of nitrogens with zero attached hydrogens (tertiary/aromatic N) is 3. The van der Waals surface area contributed by atoms with Gasteiger partial charge >= 0.3 is 6.03 Å². The highest BCUT2D eigenvalue weighted by atomic mass is 32.2. The molecule has 0 bridgehead atoms. The number of nitrogens with two attached hydrogens (primary N) is 1. The number of carbonyl (C=O) groups excluding carboxylic acids is 2.